The fourth-order valence-electron chi connectivity index (χ4n) is 2.55. The van der Waals surface area contributed by atoms with Crippen molar-refractivity contribution in [2.24, 2.45) is 14.1 Å². The minimum Gasteiger partial charge on any atom is -0.353 e. The molecule has 9 heteroatoms. The summed E-state index contributed by atoms with van der Waals surface area (Å²) in [6.07, 6.45) is 0. The summed E-state index contributed by atoms with van der Waals surface area (Å²) in [5.41, 5.74) is -0.746. The number of rotatable bonds is 1. The molecular formula is C14H15N5O4. The minimum absolute atomic E-state index is 0.0337. The van der Waals surface area contributed by atoms with E-state index >= 15 is 0 Å². The predicted molar refractivity (Wildman–Crippen MR) is 81.1 cm³/mol. The average Bonchev–Trinajstić information content (AvgIpc) is 2.57. The molecule has 3 rings (SSSR count). The zero-order valence-corrected chi connectivity index (χ0v) is 12.7. The molecule has 2 aromatic rings. The number of aromatic nitrogens is 3. The summed E-state index contributed by atoms with van der Waals surface area (Å²) in [5.74, 6) is -0.637. The highest BCUT2D eigenvalue weighted by molar-refractivity contribution is 5.97. The summed E-state index contributed by atoms with van der Waals surface area (Å²) in [5, 5.41) is 2.89. The van der Waals surface area contributed by atoms with Crippen LogP contribution in [0.3, 0.4) is 0 Å². The molecule has 0 atom stereocenters. The van der Waals surface area contributed by atoms with Gasteiger partial charge < -0.3 is 10.2 Å². The van der Waals surface area contributed by atoms with E-state index in [9.17, 15) is 19.2 Å². The average molecular weight is 317 g/mol. The number of fused-ring (bicyclic) bond motifs is 1. The number of hydrogen-bond acceptors (Lipinski definition) is 5. The molecule has 0 saturated carbocycles. The second kappa shape index (κ2) is 5.34. The summed E-state index contributed by atoms with van der Waals surface area (Å²) in [6, 6.07) is 2.91. The van der Waals surface area contributed by atoms with Gasteiger partial charge in [-0.2, -0.15) is 0 Å². The van der Waals surface area contributed by atoms with E-state index in [0.717, 1.165) is 4.57 Å². The third kappa shape index (κ3) is 2.39. The molecule has 1 saturated heterocycles. The Morgan fingerprint density at radius 1 is 1.17 bits per heavy atom. The monoisotopic (exact) mass is 317 g/mol. The van der Waals surface area contributed by atoms with Crippen LogP contribution in [0.5, 0.6) is 0 Å². The second-order valence-corrected chi connectivity index (χ2v) is 5.35. The van der Waals surface area contributed by atoms with Gasteiger partial charge in [0.2, 0.25) is 5.91 Å². The van der Waals surface area contributed by atoms with Gasteiger partial charge in [-0.25, -0.2) is 9.78 Å². The maximum atomic E-state index is 12.4. The van der Waals surface area contributed by atoms with Crippen LogP contribution in [0, 0.1) is 0 Å². The van der Waals surface area contributed by atoms with Crippen LogP contribution in [0.25, 0.3) is 11.0 Å². The number of amides is 2. The largest absolute Gasteiger partial charge is 0.353 e. The number of hydrogen-bond donors (Lipinski definition) is 1. The normalized spacial score (nSPS) is 14.9. The number of pyridine rings is 1. The smallest absolute Gasteiger partial charge is 0.332 e. The van der Waals surface area contributed by atoms with Gasteiger partial charge in [0.15, 0.2) is 0 Å². The molecule has 1 N–H and O–H groups in total. The first-order chi connectivity index (χ1) is 10.9. The number of carbonyl (C=O) groups is 2. The van der Waals surface area contributed by atoms with E-state index in [0.29, 0.717) is 13.1 Å². The SMILES string of the molecule is Cn1c(=O)c2ccc(C(=O)N3CCNC(=O)C3)nc2n(C)c1=O. The minimum atomic E-state index is -0.517. The van der Waals surface area contributed by atoms with Crippen molar-refractivity contribution in [1.29, 1.82) is 0 Å². The fourth-order valence-corrected chi connectivity index (χ4v) is 2.55. The topological polar surface area (TPSA) is 106 Å². The zero-order valence-electron chi connectivity index (χ0n) is 12.7. The molecule has 0 aromatic carbocycles. The first kappa shape index (κ1) is 14.9. The summed E-state index contributed by atoms with van der Waals surface area (Å²) in [7, 11) is 2.87. The Hall–Kier alpha value is -2.97. The highest BCUT2D eigenvalue weighted by atomic mass is 16.2. The lowest BCUT2D eigenvalue weighted by Gasteiger charge is -2.26. The van der Waals surface area contributed by atoms with Gasteiger partial charge in [-0.05, 0) is 12.1 Å². The van der Waals surface area contributed by atoms with Crippen LogP contribution in [0.4, 0.5) is 0 Å². The number of nitrogens with one attached hydrogen (secondary N) is 1. The Labute approximate surface area is 130 Å². The molecule has 2 aromatic heterocycles. The maximum Gasteiger partial charge on any atom is 0.332 e. The van der Waals surface area contributed by atoms with Crippen LogP contribution in [0.15, 0.2) is 21.7 Å². The van der Waals surface area contributed by atoms with Gasteiger partial charge in [-0.3, -0.25) is 23.5 Å². The Bertz CT molecular complexity index is 943. The van der Waals surface area contributed by atoms with E-state index in [2.05, 4.69) is 10.3 Å². The summed E-state index contributed by atoms with van der Waals surface area (Å²) >= 11 is 0. The lowest BCUT2D eigenvalue weighted by molar-refractivity contribution is -0.123. The van der Waals surface area contributed by atoms with Crippen LogP contribution in [-0.4, -0.2) is 50.5 Å². The fraction of sp³-hybridized carbons (Fsp3) is 0.357. The van der Waals surface area contributed by atoms with Crippen molar-refractivity contribution in [2.45, 2.75) is 0 Å². The summed E-state index contributed by atoms with van der Waals surface area (Å²) in [4.78, 5) is 53.4. The molecule has 0 unspecified atom stereocenters. The molecule has 1 aliphatic heterocycles. The molecule has 0 spiro atoms. The highest BCUT2D eigenvalue weighted by Gasteiger charge is 2.24. The maximum absolute atomic E-state index is 12.4. The van der Waals surface area contributed by atoms with Crippen molar-refractivity contribution in [3.05, 3.63) is 38.7 Å². The summed E-state index contributed by atoms with van der Waals surface area (Å²) in [6.45, 7) is 0.741. The third-order valence-corrected chi connectivity index (χ3v) is 3.85. The van der Waals surface area contributed by atoms with Crippen molar-refractivity contribution in [3.8, 4) is 0 Å². The van der Waals surface area contributed by atoms with E-state index in [4.69, 9.17) is 0 Å². The molecule has 23 heavy (non-hydrogen) atoms. The van der Waals surface area contributed by atoms with Gasteiger partial charge in [0.25, 0.3) is 11.5 Å². The molecular weight excluding hydrogens is 302 g/mol. The van der Waals surface area contributed by atoms with Gasteiger partial charge >= 0.3 is 5.69 Å². The highest BCUT2D eigenvalue weighted by Crippen LogP contribution is 2.09. The quantitative estimate of drug-likeness (QED) is 0.668. The molecule has 1 fully saturated rings. The molecule has 2 amide bonds. The number of aryl methyl sites for hydroxylation is 1. The van der Waals surface area contributed by atoms with Crippen molar-refractivity contribution in [2.75, 3.05) is 19.6 Å². The number of nitrogens with zero attached hydrogens (tertiary/aromatic N) is 4. The van der Waals surface area contributed by atoms with Gasteiger partial charge in [0.1, 0.15) is 11.3 Å². The second-order valence-electron chi connectivity index (χ2n) is 5.35. The van der Waals surface area contributed by atoms with Crippen molar-refractivity contribution < 1.29 is 9.59 Å². The van der Waals surface area contributed by atoms with Crippen molar-refractivity contribution in [3.63, 3.8) is 0 Å². The zero-order chi connectivity index (χ0) is 16.7. The molecule has 1 aliphatic rings. The number of piperazine rings is 1. The Morgan fingerprint density at radius 2 is 1.91 bits per heavy atom. The number of carbonyl (C=O) groups excluding carboxylic acids is 2. The predicted octanol–water partition coefficient (Wildman–Crippen LogP) is -1.80. The van der Waals surface area contributed by atoms with Gasteiger partial charge in [0, 0.05) is 27.2 Å². The van der Waals surface area contributed by atoms with E-state index < -0.39 is 17.2 Å². The molecule has 9 nitrogen and oxygen atoms in total. The van der Waals surface area contributed by atoms with Gasteiger partial charge in [-0.1, -0.05) is 0 Å². The molecule has 0 bridgehead atoms. The standard InChI is InChI=1S/C14H15N5O4/c1-17-11-8(12(21)18(2)14(17)23)3-4-9(16-11)13(22)19-6-5-15-10(20)7-19/h3-4H,5-7H2,1-2H3,(H,15,20). The van der Waals surface area contributed by atoms with Crippen LogP contribution in [-0.2, 0) is 18.9 Å². The first-order valence-electron chi connectivity index (χ1n) is 7.03. The Kier molecular flexibility index (Phi) is 3.47. The Balaban J connectivity index is 2.10. The molecule has 0 radical (unpaired) electrons. The van der Waals surface area contributed by atoms with E-state index in [1.807, 2.05) is 0 Å². The lowest BCUT2D eigenvalue weighted by Crippen LogP contribution is -2.50. The van der Waals surface area contributed by atoms with Crippen LogP contribution in [0.1, 0.15) is 10.5 Å². The first-order valence-corrected chi connectivity index (χ1v) is 7.03. The van der Waals surface area contributed by atoms with Crippen molar-refractivity contribution in [1.82, 2.24) is 24.3 Å². The van der Waals surface area contributed by atoms with Gasteiger partial charge in [0.05, 0.1) is 11.9 Å². The lowest BCUT2D eigenvalue weighted by atomic mass is 10.2. The van der Waals surface area contributed by atoms with Crippen LogP contribution in [0.2, 0.25) is 0 Å². The van der Waals surface area contributed by atoms with Gasteiger partial charge in [-0.15, -0.1) is 0 Å². The molecule has 3 heterocycles. The third-order valence-electron chi connectivity index (χ3n) is 3.85. The van der Waals surface area contributed by atoms with Crippen LogP contribution < -0.4 is 16.6 Å². The summed E-state index contributed by atoms with van der Waals surface area (Å²) < 4.78 is 2.21. The van der Waals surface area contributed by atoms with E-state index in [1.54, 1.807) is 0 Å². The molecule has 0 aliphatic carbocycles. The Morgan fingerprint density at radius 3 is 2.61 bits per heavy atom. The molecule has 120 valence electrons. The van der Waals surface area contributed by atoms with E-state index in [-0.39, 0.29) is 29.2 Å². The van der Waals surface area contributed by atoms with E-state index in [1.165, 1.54) is 35.7 Å². The van der Waals surface area contributed by atoms with Crippen molar-refractivity contribution >= 4 is 22.8 Å². The van der Waals surface area contributed by atoms with Crippen LogP contribution >= 0.6 is 0 Å².